The van der Waals surface area contributed by atoms with Gasteiger partial charge < -0.3 is 9.67 Å². The summed E-state index contributed by atoms with van der Waals surface area (Å²) in [5.74, 6) is -1.13. The van der Waals surface area contributed by atoms with E-state index < -0.39 is 21.5 Å². The quantitative estimate of drug-likeness (QED) is 0.797. The van der Waals surface area contributed by atoms with Gasteiger partial charge in [0.05, 0.1) is 6.33 Å². The lowest BCUT2D eigenvalue weighted by molar-refractivity contribution is -0.147. The van der Waals surface area contributed by atoms with Crippen LogP contribution in [-0.2, 0) is 21.4 Å². The molecule has 0 unspecified atom stereocenters. The molecule has 0 bridgehead atoms. The fraction of sp³-hybridized carbons (Fsp3) is 0.600. The van der Waals surface area contributed by atoms with Gasteiger partial charge in [0.25, 0.3) is 10.0 Å². The van der Waals surface area contributed by atoms with Crippen molar-refractivity contribution in [2.45, 2.75) is 43.3 Å². The number of carboxylic acids is 1. The zero-order chi connectivity index (χ0) is 13.4. The second-order valence-corrected chi connectivity index (χ2v) is 6.02. The Balaban J connectivity index is 2.24. The molecule has 1 heterocycles. The van der Waals surface area contributed by atoms with E-state index in [1.165, 1.54) is 12.5 Å². The number of sulfonamides is 1. The number of aryl methyl sites for hydroxylation is 1. The second kappa shape index (κ2) is 4.36. The third-order valence-corrected chi connectivity index (χ3v) is 4.62. The van der Waals surface area contributed by atoms with Crippen LogP contribution in [0.15, 0.2) is 17.6 Å². The van der Waals surface area contributed by atoms with Crippen LogP contribution in [0.2, 0.25) is 0 Å². The highest BCUT2D eigenvalue weighted by molar-refractivity contribution is 7.89. The van der Waals surface area contributed by atoms with Gasteiger partial charge in [0.1, 0.15) is 5.54 Å². The molecule has 1 aromatic heterocycles. The maximum Gasteiger partial charge on any atom is 0.324 e. The molecule has 18 heavy (non-hydrogen) atoms. The Hall–Kier alpha value is -1.41. The lowest BCUT2D eigenvalue weighted by Crippen LogP contribution is -2.58. The van der Waals surface area contributed by atoms with Crippen molar-refractivity contribution < 1.29 is 18.3 Å². The summed E-state index contributed by atoms with van der Waals surface area (Å²) in [6.45, 7) is 2.46. The molecule has 8 heteroatoms. The van der Waals surface area contributed by atoms with Crippen molar-refractivity contribution in [2.24, 2.45) is 0 Å². The topological polar surface area (TPSA) is 101 Å². The van der Waals surface area contributed by atoms with Gasteiger partial charge in [0.2, 0.25) is 0 Å². The minimum absolute atomic E-state index is 0.142. The zero-order valence-corrected chi connectivity index (χ0v) is 10.8. The van der Waals surface area contributed by atoms with Crippen molar-refractivity contribution >= 4 is 16.0 Å². The number of carbonyl (C=O) groups is 1. The number of aromatic nitrogens is 2. The van der Waals surface area contributed by atoms with Gasteiger partial charge in [-0.3, -0.25) is 4.79 Å². The van der Waals surface area contributed by atoms with Gasteiger partial charge in [-0.2, -0.15) is 4.72 Å². The number of hydrogen-bond donors (Lipinski definition) is 2. The predicted molar refractivity (Wildman–Crippen MR) is 62.4 cm³/mol. The van der Waals surface area contributed by atoms with Gasteiger partial charge >= 0.3 is 5.97 Å². The van der Waals surface area contributed by atoms with Crippen LogP contribution in [0.3, 0.4) is 0 Å². The molecule has 2 rings (SSSR count). The van der Waals surface area contributed by atoms with E-state index in [0.717, 1.165) is 0 Å². The molecule has 1 saturated carbocycles. The number of nitrogens with zero attached hydrogens (tertiary/aromatic N) is 2. The Bertz CT molecular complexity index is 559. The molecule has 0 amide bonds. The van der Waals surface area contributed by atoms with Gasteiger partial charge in [-0.05, 0) is 26.2 Å². The molecule has 0 saturated heterocycles. The summed E-state index contributed by atoms with van der Waals surface area (Å²) in [6, 6.07) is 0. The van der Waals surface area contributed by atoms with E-state index in [0.29, 0.717) is 25.8 Å². The van der Waals surface area contributed by atoms with Crippen LogP contribution < -0.4 is 4.72 Å². The Morgan fingerprint density at radius 3 is 2.67 bits per heavy atom. The van der Waals surface area contributed by atoms with Crippen LogP contribution in [0.1, 0.15) is 26.2 Å². The second-order valence-electron chi connectivity index (χ2n) is 4.39. The van der Waals surface area contributed by atoms with Crippen LogP contribution in [-0.4, -0.2) is 34.6 Å². The third kappa shape index (κ3) is 2.13. The van der Waals surface area contributed by atoms with E-state index in [9.17, 15) is 13.2 Å². The Kier molecular flexibility index (Phi) is 3.16. The number of aliphatic carboxylic acids is 1. The Labute approximate surface area is 105 Å². The lowest BCUT2D eigenvalue weighted by Gasteiger charge is -2.37. The highest BCUT2D eigenvalue weighted by Gasteiger charge is 2.47. The molecule has 7 nitrogen and oxygen atoms in total. The highest BCUT2D eigenvalue weighted by Crippen LogP contribution is 2.33. The van der Waals surface area contributed by atoms with Crippen LogP contribution in [0, 0.1) is 0 Å². The largest absolute Gasteiger partial charge is 0.480 e. The lowest BCUT2D eigenvalue weighted by atomic mass is 9.78. The maximum absolute atomic E-state index is 12.0. The normalized spacial score (nSPS) is 18.3. The number of nitrogens with one attached hydrogen (secondary N) is 1. The fourth-order valence-electron chi connectivity index (χ4n) is 1.85. The molecule has 0 aliphatic heterocycles. The van der Waals surface area contributed by atoms with E-state index in [2.05, 4.69) is 9.71 Å². The Morgan fingerprint density at radius 2 is 2.28 bits per heavy atom. The van der Waals surface area contributed by atoms with E-state index in [1.54, 1.807) is 4.57 Å². The molecule has 1 aromatic rings. The zero-order valence-electron chi connectivity index (χ0n) is 9.96. The van der Waals surface area contributed by atoms with Crippen LogP contribution in [0.5, 0.6) is 0 Å². The minimum Gasteiger partial charge on any atom is -0.480 e. The predicted octanol–water partition coefficient (Wildman–Crippen LogP) is 0.189. The molecule has 2 N–H and O–H groups in total. The summed E-state index contributed by atoms with van der Waals surface area (Å²) in [6.07, 6.45) is 4.13. The summed E-state index contributed by atoms with van der Waals surface area (Å²) in [5.41, 5.74) is -1.35. The smallest absolute Gasteiger partial charge is 0.324 e. The van der Waals surface area contributed by atoms with Crippen molar-refractivity contribution in [3.8, 4) is 0 Å². The van der Waals surface area contributed by atoms with Gasteiger partial charge in [-0.25, -0.2) is 13.4 Å². The Morgan fingerprint density at radius 1 is 1.61 bits per heavy atom. The van der Waals surface area contributed by atoms with Crippen LogP contribution >= 0.6 is 0 Å². The van der Waals surface area contributed by atoms with Crippen molar-refractivity contribution in [3.63, 3.8) is 0 Å². The molecule has 0 radical (unpaired) electrons. The standard InChI is InChI=1S/C10H15N3O4S/c1-2-13-6-8(11-7-13)18(16,17)12-10(9(14)15)4-3-5-10/h6-7,12H,2-5H2,1H3,(H,14,15). The summed E-state index contributed by atoms with van der Waals surface area (Å²) in [4.78, 5) is 14.9. The molecule has 1 fully saturated rings. The molecular formula is C10H15N3O4S. The van der Waals surface area contributed by atoms with Gasteiger partial charge in [-0.15, -0.1) is 0 Å². The molecule has 0 aromatic carbocycles. The molecule has 1 aliphatic rings. The number of rotatable bonds is 5. The highest BCUT2D eigenvalue weighted by atomic mass is 32.2. The van der Waals surface area contributed by atoms with E-state index in [4.69, 9.17) is 5.11 Å². The molecular weight excluding hydrogens is 258 g/mol. The van der Waals surface area contributed by atoms with Gasteiger partial charge in [0.15, 0.2) is 5.03 Å². The SMILES string of the molecule is CCn1cnc(S(=O)(=O)NC2(C(=O)O)CCC2)c1. The fourth-order valence-corrected chi connectivity index (χ4v) is 3.22. The summed E-state index contributed by atoms with van der Waals surface area (Å²) >= 11 is 0. The molecule has 1 aliphatic carbocycles. The first-order chi connectivity index (χ1) is 8.39. The average Bonchev–Trinajstić information content (AvgIpc) is 2.72. The number of imidazole rings is 1. The number of carboxylic acid groups (broad SMARTS) is 1. The summed E-state index contributed by atoms with van der Waals surface area (Å²) in [7, 11) is -3.88. The average molecular weight is 273 g/mol. The monoisotopic (exact) mass is 273 g/mol. The minimum atomic E-state index is -3.88. The molecule has 0 atom stereocenters. The van der Waals surface area contributed by atoms with E-state index >= 15 is 0 Å². The van der Waals surface area contributed by atoms with Crippen molar-refractivity contribution in [1.29, 1.82) is 0 Å². The third-order valence-electron chi connectivity index (χ3n) is 3.20. The molecule has 0 spiro atoms. The number of hydrogen-bond acceptors (Lipinski definition) is 4. The van der Waals surface area contributed by atoms with Crippen LogP contribution in [0.4, 0.5) is 0 Å². The summed E-state index contributed by atoms with van der Waals surface area (Å²) < 4.78 is 27.9. The van der Waals surface area contributed by atoms with Crippen molar-refractivity contribution in [3.05, 3.63) is 12.5 Å². The summed E-state index contributed by atoms with van der Waals surface area (Å²) in [5, 5.41) is 8.95. The molecule has 100 valence electrons. The van der Waals surface area contributed by atoms with Gasteiger partial charge in [-0.1, -0.05) is 0 Å². The van der Waals surface area contributed by atoms with Gasteiger partial charge in [0, 0.05) is 12.7 Å². The maximum atomic E-state index is 12.0. The first kappa shape index (κ1) is 13.0. The van der Waals surface area contributed by atoms with Crippen LogP contribution in [0.25, 0.3) is 0 Å². The first-order valence-corrected chi connectivity index (χ1v) is 7.17. The van der Waals surface area contributed by atoms with Crippen molar-refractivity contribution in [2.75, 3.05) is 0 Å². The van der Waals surface area contributed by atoms with E-state index in [1.807, 2.05) is 6.92 Å². The first-order valence-electron chi connectivity index (χ1n) is 5.69. The van der Waals surface area contributed by atoms with E-state index in [-0.39, 0.29) is 5.03 Å². The van der Waals surface area contributed by atoms with Crippen molar-refractivity contribution in [1.82, 2.24) is 14.3 Å².